The highest BCUT2D eigenvalue weighted by Crippen LogP contribution is 2.23. The Morgan fingerprint density at radius 3 is 2.24 bits per heavy atom. The zero-order chi connectivity index (χ0) is 14.8. The summed E-state index contributed by atoms with van der Waals surface area (Å²) in [6.45, 7) is 1.31. The van der Waals surface area contributed by atoms with E-state index in [-0.39, 0.29) is 5.91 Å². The van der Waals surface area contributed by atoms with Crippen molar-refractivity contribution in [3.63, 3.8) is 0 Å². The lowest BCUT2D eigenvalue weighted by molar-refractivity contribution is -0.133. The molecule has 0 fully saturated rings. The van der Waals surface area contributed by atoms with Crippen molar-refractivity contribution in [2.75, 3.05) is 0 Å². The molecule has 0 radical (unpaired) electrons. The molecule has 0 bridgehead atoms. The van der Waals surface area contributed by atoms with Gasteiger partial charge in [-0.15, -0.1) is 0 Å². The molecule has 2 N–H and O–H groups in total. The maximum absolute atomic E-state index is 12.5. The first-order chi connectivity index (χ1) is 10.1. The van der Waals surface area contributed by atoms with Crippen LogP contribution in [-0.4, -0.2) is 16.8 Å². The molecule has 2 aromatic rings. The average Bonchev–Trinajstić information content (AvgIpc) is 2.92. The number of amides is 1. The molecule has 0 aromatic heterocycles. The van der Waals surface area contributed by atoms with Crippen LogP contribution in [0.1, 0.15) is 16.7 Å². The van der Waals surface area contributed by atoms with Crippen LogP contribution in [0.4, 0.5) is 0 Å². The van der Waals surface area contributed by atoms with Crippen LogP contribution in [0.5, 0.6) is 0 Å². The monoisotopic (exact) mass is 300 g/mol. The van der Waals surface area contributed by atoms with Crippen LogP contribution in [0.25, 0.3) is 0 Å². The number of fused-ring (bicyclic) bond motifs is 1. The van der Waals surface area contributed by atoms with E-state index < -0.39 is 6.04 Å². The molecule has 2 aromatic carbocycles. The lowest BCUT2D eigenvalue weighted by atomic mass is 10.1. The highest BCUT2D eigenvalue weighted by atomic mass is 35.5. The van der Waals surface area contributed by atoms with Gasteiger partial charge in [0, 0.05) is 18.1 Å². The van der Waals surface area contributed by atoms with Crippen LogP contribution in [0.3, 0.4) is 0 Å². The van der Waals surface area contributed by atoms with Crippen molar-refractivity contribution in [2.45, 2.75) is 25.6 Å². The number of nitrogens with zero attached hydrogens (tertiary/aromatic N) is 1. The van der Waals surface area contributed by atoms with Crippen molar-refractivity contribution >= 4 is 17.5 Å². The normalized spacial score (nSPS) is 14.9. The molecule has 0 aliphatic carbocycles. The predicted molar refractivity (Wildman–Crippen MR) is 83.8 cm³/mol. The molecule has 1 aliphatic rings. The van der Waals surface area contributed by atoms with Crippen molar-refractivity contribution in [1.82, 2.24) is 4.90 Å². The van der Waals surface area contributed by atoms with Gasteiger partial charge >= 0.3 is 0 Å². The second kappa shape index (κ2) is 5.88. The van der Waals surface area contributed by atoms with E-state index in [0.717, 1.165) is 5.56 Å². The van der Waals surface area contributed by atoms with Crippen molar-refractivity contribution in [3.8, 4) is 0 Å². The van der Waals surface area contributed by atoms with E-state index in [1.165, 1.54) is 11.1 Å². The van der Waals surface area contributed by atoms with E-state index in [9.17, 15) is 4.79 Å². The fourth-order valence-electron chi connectivity index (χ4n) is 2.69. The predicted octanol–water partition coefficient (Wildman–Crippen LogP) is 2.75. The maximum atomic E-state index is 12.5. The molecule has 1 amide bonds. The van der Waals surface area contributed by atoms with Gasteiger partial charge in [0.2, 0.25) is 5.91 Å². The van der Waals surface area contributed by atoms with Crippen LogP contribution in [-0.2, 0) is 24.3 Å². The number of hydrogen-bond donors (Lipinski definition) is 1. The molecule has 21 heavy (non-hydrogen) atoms. The van der Waals surface area contributed by atoms with Crippen LogP contribution >= 0.6 is 11.6 Å². The van der Waals surface area contributed by atoms with E-state index in [4.69, 9.17) is 17.3 Å². The first-order valence-electron chi connectivity index (χ1n) is 6.99. The van der Waals surface area contributed by atoms with Crippen molar-refractivity contribution in [3.05, 3.63) is 70.2 Å². The van der Waals surface area contributed by atoms with E-state index in [1.807, 2.05) is 41.3 Å². The fourth-order valence-corrected chi connectivity index (χ4v) is 2.81. The zero-order valence-corrected chi connectivity index (χ0v) is 12.4. The molecular weight excluding hydrogens is 284 g/mol. The van der Waals surface area contributed by atoms with Crippen LogP contribution in [0, 0.1) is 0 Å². The highest BCUT2D eigenvalue weighted by Gasteiger charge is 2.26. The van der Waals surface area contributed by atoms with Gasteiger partial charge in [-0.1, -0.05) is 48.0 Å². The highest BCUT2D eigenvalue weighted by molar-refractivity contribution is 6.30. The summed E-state index contributed by atoms with van der Waals surface area (Å²) < 4.78 is 0. The number of nitrogens with two attached hydrogens (primary N) is 1. The number of hydrogen-bond acceptors (Lipinski definition) is 2. The molecule has 3 nitrogen and oxygen atoms in total. The Kier molecular flexibility index (Phi) is 3.95. The summed E-state index contributed by atoms with van der Waals surface area (Å²) in [5.41, 5.74) is 9.53. The molecule has 0 spiro atoms. The summed E-state index contributed by atoms with van der Waals surface area (Å²) >= 11 is 5.86. The molecule has 3 rings (SSSR count). The Morgan fingerprint density at radius 2 is 1.67 bits per heavy atom. The molecule has 108 valence electrons. The largest absolute Gasteiger partial charge is 0.333 e. The van der Waals surface area contributed by atoms with E-state index in [2.05, 4.69) is 12.1 Å². The molecule has 4 heteroatoms. The standard InChI is InChI=1S/C17H17ClN2O/c18-15-7-5-12(6-8-15)9-16(19)17(21)20-10-13-3-1-2-4-14(13)11-20/h1-8,16H,9-11,19H2/t16-/m0/s1. The van der Waals surface area contributed by atoms with Crippen LogP contribution in [0.15, 0.2) is 48.5 Å². The molecule has 0 saturated heterocycles. The maximum Gasteiger partial charge on any atom is 0.240 e. The Morgan fingerprint density at radius 1 is 1.10 bits per heavy atom. The summed E-state index contributed by atoms with van der Waals surface area (Å²) in [5, 5.41) is 0.689. The first kappa shape index (κ1) is 14.1. The number of rotatable bonds is 3. The molecule has 1 atom stereocenters. The number of carbonyl (C=O) groups excluding carboxylic acids is 1. The third kappa shape index (κ3) is 3.09. The number of benzene rings is 2. The summed E-state index contributed by atoms with van der Waals surface area (Å²) in [4.78, 5) is 14.3. The van der Waals surface area contributed by atoms with Gasteiger partial charge in [0.05, 0.1) is 6.04 Å². The van der Waals surface area contributed by atoms with Gasteiger partial charge in [-0.2, -0.15) is 0 Å². The van der Waals surface area contributed by atoms with Crippen molar-refractivity contribution in [1.29, 1.82) is 0 Å². The topological polar surface area (TPSA) is 46.3 Å². The second-order valence-corrected chi connectivity index (χ2v) is 5.84. The van der Waals surface area contributed by atoms with Gasteiger partial charge in [-0.3, -0.25) is 4.79 Å². The summed E-state index contributed by atoms with van der Waals surface area (Å²) in [6.07, 6.45) is 0.531. The van der Waals surface area contributed by atoms with Gasteiger partial charge in [0.1, 0.15) is 0 Å². The van der Waals surface area contributed by atoms with Gasteiger partial charge in [-0.05, 0) is 35.2 Å². The lowest BCUT2D eigenvalue weighted by Gasteiger charge is -2.20. The Hall–Kier alpha value is -1.84. The van der Waals surface area contributed by atoms with E-state index in [1.54, 1.807) is 0 Å². The minimum absolute atomic E-state index is 0.00106. The van der Waals surface area contributed by atoms with Gasteiger partial charge in [0.25, 0.3) is 0 Å². The third-order valence-electron chi connectivity index (χ3n) is 3.84. The van der Waals surface area contributed by atoms with Crippen molar-refractivity contribution in [2.24, 2.45) is 5.73 Å². The molecular formula is C17H17ClN2O. The van der Waals surface area contributed by atoms with Gasteiger partial charge in [-0.25, -0.2) is 0 Å². The minimum Gasteiger partial charge on any atom is -0.333 e. The SMILES string of the molecule is N[C@@H](Cc1ccc(Cl)cc1)C(=O)N1Cc2ccccc2C1. The number of halogens is 1. The van der Waals surface area contributed by atoms with Gasteiger partial charge < -0.3 is 10.6 Å². The fraction of sp³-hybridized carbons (Fsp3) is 0.235. The van der Waals surface area contributed by atoms with E-state index >= 15 is 0 Å². The lowest BCUT2D eigenvalue weighted by Crippen LogP contribution is -2.42. The Balaban J connectivity index is 1.65. The van der Waals surface area contributed by atoms with Crippen molar-refractivity contribution < 1.29 is 4.79 Å². The minimum atomic E-state index is -0.513. The Bertz CT molecular complexity index is 629. The average molecular weight is 301 g/mol. The van der Waals surface area contributed by atoms with Gasteiger partial charge in [0.15, 0.2) is 0 Å². The second-order valence-electron chi connectivity index (χ2n) is 5.40. The molecule has 0 unspecified atom stereocenters. The summed E-state index contributed by atoms with van der Waals surface area (Å²) in [7, 11) is 0. The number of carbonyl (C=O) groups is 1. The summed E-state index contributed by atoms with van der Waals surface area (Å²) in [6, 6.07) is 15.1. The molecule has 1 heterocycles. The van der Waals surface area contributed by atoms with Crippen LogP contribution in [0.2, 0.25) is 5.02 Å². The smallest absolute Gasteiger partial charge is 0.240 e. The zero-order valence-electron chi connectivity index (χ0n) is 11.6. The first-order valence-corrected chi connectivity index (χ1v) is 7.37. The Labute approximate surface area is 129 Å². The molecule has 1 aliphatic heterocycles. The van der Waals surface area contributed by atoms with E-state index in [0.29, 0.717) is 24.5 Å². The van der Waals surface area contributed by atoms with Crippen LogP contribution < -0.4 is 5.73 Å². The third-order valence-corrected chi connectivity index (χ3v) is 4.09. The molecule has 0 saturated carbocycles. The quantitative estimate of drug-likeness (QED) is 0.947. The summed E-state index contributed by atoms with van der Waals surface area (Å²) in [5.74, 6) is 0.00106.